The summed E-state index contributed by atoms with van der Waals surface area (Å²) in [4.78, 5) is 4.82. The standard InChI is InChI=1S/C12H17NO2/c1-12(2)7-10-6-9(8-13-14-3)4-5-11(10)15-12/h4-6,13H,7-8H2,1-3H3. The number of hydrogen-bond donors (Lipinski definition) is 1. The SMILES string of the molecule is CONCc1ccc2c(c1)CC(C)(C)O2. The van der Waals surface area contributed by atoms with E-state index in [-0.39, 0.29) is 5.60 Å². The van der Waals surface area contributed by atoms with Gasteiger partial charge in [0.25, 0.3) is 0 Å². The lowest BCUT2D eigenvalue weighted by molar-refractivity contribution is 0.0867. The van der Waals surface area contributed by atoms with Crippen LogP contribution in [0.3, 0.4) is 0 Å². The Morgan fingerprint density at radius 3 is 3.00 bits per heavy atom. The van der Waals surface area contributed by atoms with Gasteiger partial charge in [0.2, 0.25) is 0 Å². The third-order valence-corrected chi connectivity index (χ3v) is 2.55. The van der Waals surface area contributed by atoms with Crippen LogP contribution < -0.4 is 10.2 Å². The van der Waals surface area contributed by atoms with Gasteiger partial charge in [-0.15, -0.1) is 0 Å². The van der Waals surface area contributed by atoms with Crippen molar-refractivity contribution in [2.75, 3.05) is 7.11 Å². The Kier molecular flexibility index (Phi) is 2.67. The highest BCUT2D eigenvalue weighted by molar-refractivity contribution is 5.41. The quantitative estimate of drug-likeness (QED) is 0.769. The molecule has 3 nitrogen and oxygen atoms in total. The molecule has 1 N–H and O–H groups in total. The van der Waals surface area contributed by atoms with E-state index in [2.05, 4.69) is 31.5 Å². The maximum absolute atomic E-state index is 5.80. The fourth-order valence-corrected chi connectivity index (χ4v) is 1.93. The molecule has 0 atom stereocenters. The van der Waals surface area contributed by atoms with Gasteiger partial charge in [0.15, 0.2) is 0 Å². The zero-order valence-corrected chi connectivity index (χ0v) is 9.46. The number of fused-ring (bicyclic) bond motifs is 1. The maximum Gasteiger partial charge on any atom is 0.123 e. The predicted molar refractivity (Wildman–Crippen MR) is 58.7 cm³/mol. The van der Waals surface area contributed by atoms with Crippen LogP contribution in [-0.4, -0.2) is 12.7 Å². The van der Waals surface area contributed by atoms with Gasteiger partial charge in [-0.1, -0.05) is 12.1 Å². The van der Waals surface area contributed by atoms with Gasteiger partial charge in [-0.2, -0.15) is 5.48 Å². The highest BCUT2D eigenvalue weighted by Crippen LogP contribution is 2.35. The molecule has 1 aliphatic heterocycles. The molecule has 0 aliphatic carbocycles. The van der Waals surface area contributed by atoms with Crippen LogP contribution in [0.5, 0.6) is 5.75 Å². The fraction of sp³-hybridized carbons (Fsp3) is 0.500. The lowest BCUT2D eigenvalue weighted by Crippen LogP contribution is -2.24. The number of ether oxygens (including phenoxy) is 1. The molecule has 82 valence electrons. The molecule has 0 spiro atoms. The molecule has 3 heteroatoms. The summed E-state index contributed by atoms with van der Waals surface area (Å²) in [5.41, 5.74) is 5.28. The third-order valence-electron chi connectivity index (χ3n) is 2.55. The minimum atomic E-state index is -0.0599. The van der Waals surface area contributed by atoms with Gasteiger partial charge in [0, 0.05) is 13.0 Å². The van der Waals surface area contributed by atoms with E-state index in [1.54, 1.807) is 7.11 Å². The Hall–Kier alpha value is -1.06. The van der Waals surface area contributed by atoms with Crippen LogP contribution >= 0.6 is 0 Å². The lowest BCUT2D eigenvalue weighted by atomic mass is 10.0. The number of nitrogens with one attached hydrogen (secondary N) is 1. The molecule has 0 amide bonds. The summed E-state index contributed by atoms with van der Waals surface area (Å²) >= 11 is 0. The smallest absolute Gasteiger partial charge is 0.123 e. The van der Waals surface area contributed by atoms with Gasteiger partial charge in [-0.05, 0) is 31.0 Å². The Bertz CT molecular complexity index is 361. The van der Waals surface area contributed by atoms with Crippen molar-refractivity contribution in [3.8, 4) is 5.75 Å². The largest absolute Gasteiger partial charge is 0.487 e. The van der Waals surface area contributed by atoms with Crippen molar-refractivity contribution < 1.29 is 9.57 Å². The molecule has 1 heterocycles. The van der Waals surface area contributed by atoms with Crippen LogP contribution in [0.4, 0.5) is 0 Å². The van der Waals surface area contributed by atoms with Crippen LogP contribution in [0.15, 0.2) is 18.2 Å². The lowest BCUT2D eigenvalue weighted by Gasteiger charge is -2.16. The second-order valence-electron chi connectivity index (χ2n) is 4.51. The molecule has 0 bridgehead atoms. The van der Waals surface area contributed by atoms with Crippen molar-refractivity contribution in [1.29, 1.82) is 0 Å². The third kappa shape index (κ3) is 2.30. The van der Waals surface area contributed by atoms with E-state index >= 15 is 0 Å². The molecular weight excluding hydrogens is 190 g/mol. The average Bonchev–Trinajstić information content (AvgIpc) is 2.47. The number of hydrogen-bond acceptors (Lipinski definition) is 3. The molecule has 1 aromatic carbocycles. The zero-order chi connectivity index (χ0) is 10.9. The van der Waals surface area contributed by atoms with Crippen molar-refractivity contribution in [3.05, 3.63) is 29.3 Å². The Balaban J connectivity index is 2.15. The molecule has 1 aromatic rings. The van der Waals surface area contributed by atoms with Crippen molar-refractivity contribution in [1.82, 2.24) is 5.48 Å². The van der Waals surface area contributed by atoms with Crippen LogP contribution in [0.25, 0.3) is 0 Å². The fourth-order valence-electron chi connectivity index (χ4n) is 1.93. The maximum atomic E-state index is 5.80. The molecule has 0 unspecified atom stereocenters. The molecule has 15 heavy (non-hydrogen) atoms. The number of hydroxylamine groups is 1. The first kappa shape index (κ1) is 10.5. The van der Waals surface area contributed by atoms with Gasteiger partial charge in [-0.3, -0.25) is 0 Å². The summed E-state index contributed by atoms with van der Waals surface area (Å²) in [6.45, 7) is 4.95. The number of rotatable bonds is 3. The normalized spacial score (nSPS) is 17.3. The summed E-state index contributed by atoms with van der Waals surface area (Å²) in [6, 6.07) is 6.28. The molecule has 1 aliphatic rings. The molecule has 2 rings (SSSR count). The summed E-state index contributed by atoms with van der Waals surface area (Å²) in [5.74, 6) is 1.01. The van der Waals surface area contributed by atoms with Crippen molar-refractivity contribution in [2.24, 2.45) is 0 Å². The van der Waals surface area contributed by atoms with Gasteiger partial charge in [-0.25, -0.2) is 0 Å². The van der Waals surface area contributed by atoms with Crippen LogP contribution in [0.1, 0.15) is 25.0 Å². The first-order chi connectivity index (χ1) is 7.11. The van der Waals surface area contributed by atoms with Crippen LogP contribution in [0, 0.1) is 0 Å². The van der Waals surface area contributed by atoms with E-state index in [0.717, 1.165) is 18.7 Å². The first-order valence-corrected chi connectivity index (χ1v) is 5.17. The van der Waals surface area contributed by atoms with Gasteiger partial charge < -0.3 is 9.57 Å². The average molecular weight is 207 g/mol. The monoisotopic (exact) mass is 207 g/mol. The van der Waals surface area contributed by atoms with E-state index in [1.807, 2.05) is 6.07 Å². The van der Waals surface area contributed by atoms with Crippen molar-refractivity contribution in [2.45, 2.75) is 32.4 Å². The topological polar surface area (TPSA) is 30.5 Å². The van der Waals surface area contributed by atoms with Crippen molar-refractivity contribution >= 4 is 0 Å². The summed E-state index contributed by atoms with van der Waals surface area (Å²) in [6.07, 6.45) is 0.975. The van der Waals surface area contributed by atoms with Crippen LogP contribution in [0.2, 0.25) is 0 Å². The van der Waals surface area contributed by atoms with E-state index in [4.69, 9.17) is 9.57 Å². The Morgan fingerprint density at radius 1 is 1.47 bits per heavy atom. The van der Waals surface area contributed by atoms with E-state index in [0.29, 0.717) is 0 Å². The van der Waals surface area contributed by atoms with Gasteiger partial charge in [0.1, 0.15) is 11.4 Å². The minimum Gasteiger partial charge on any atom is -0.487 e. The predicted octanol–water partition coefficient (Wildman–Crippen LogP) is 2.05. The molecule has 0 saturated carbocycles. The van der Waals surface area contributed by atoms with Crippen molar-refractivity contribution in [3.63, 3.8) is 0 Å². The summed E-state index contributed by atoms with van der Waals surface area (Å²) < 4.78 is 5.80. The van der Waals surface area contributed by atoms with Gasteiger partial charge in [0.05, 0.1) is 7.11 Å². The first-order valence-electron chi connectivity index (χ1n) is 5.17. The molecule has 0 saturated heterocycles. The Labute approximate surface area is 90.3 Å². The van der Waals surface area contributed by atoms with Crippen LogP contribution in [-0.2, 0) is 17.8 Å². The Morgan fingerprint density at radius 2 is 2.27 bits per heavy atom. The highest BCUT2D eigenvalue weighted by atomic mass is 16.6. The zero-order valence-electron chi connectivity index (χ0n) is 9.46. The van der Waals surface area contributed by atoms with E-state index in [9.17, 15) is 0 Å². The molecule has 0 aromatic heterocycles. The second-order valence-corrected chi connectivity index (χ2v) is 4.51. The summed E-state index contributed by atoms with van der Waals surface area (Å²) in [7, 11) is 1.62. The van der Waals surface area contributed by atoms with E-state index in [1.165, 1.54) is 11.1 Å². The highest BCUT2D eigenvalue weighted by Gasteiger charge is 2.29. The molecule has 0 fully saturated rings. The summed E-state index contributed by atoms with van der Waals surface area (Å²) in [5, 5.41) is 0. The van der Waals surface area contributed by atoms with E-state index < -0.39 is 0 Å². The molecular formula is C12H17NO2. The van der Waals surface area contributed by atoms with Gasteiger partial charge >= 0.3 is 0 Å². The number of benzene rings is 1. The second kappa shape index (κ2) is 3.83. The minimum absolute atomic E-state index is 0.0599. The molecule has 0 radical (unpaired) electrons.